The molecule has 1 aliphatic heterocycles. The lowest BCUT2D eigenvalue weighted by Gasteiger charge is -2.30. The molecule has 2 heterocycles. The van der Waals surface area contributed by atoms with Gasteiger partial charge in [0.25, 0.3) is 0 Å². The van der Waals surface area contributed by atoms with Gasteiger partial charge >= 0.3 is 0 Å². The molecule has 4 rings (SSSR count). The number of amides is 1. The number of hydrogen-bond donors (Lipinski definition) is 1. The summed E-state index contributed by atoms with van der Waals surface area (Å²) < 4.78 is 58.0. The number of ether oxygens (including phenoxy) is 1. The summed E-state index contributed by atoms with van der Waals surface area (Å²) in [5.41, 5.74) is 1.72. The smallest absolute Gasteiger partial charge is 0.244 e. The van der Waals surface area contributed by atoms with Crippen LogP contribution >= 0.6 is 11.3 Å². The number of nitrogens with one attached hydrogen (secondary N) is 1. The van der Waals surface area contributed by atoms with Gasteiger partial charge in [-0.05, 0) is 43.5 Å². The number of anilines is 1. The molecule has 1 saturated heterocycles. The van der Waals surface area contributed by atoms with Crippen LogP contribution in [0, 0.1) is 12.8 Å². The van der Waals surface area contributed by atoms with Crippen LogP contribution in [0.5, 0.6) is 5.75 Å². The number of benzene rings is 2. The van der Waals surface area contributed by atoms with Gasteiger partial charge < -0.3 is 10.1 Å². The van der Waals surface area contributed by atoms with E-state index in [1.165, 1.54) is 39.9 Å². The van der Waals surface area contributed by atoms with Crippen LogP contribution in [0.2, 0.25) is 0 Å². The summed E-state index contributed by atoms with van der Waals surface area (Å²) in [6, 6.07) is 9.34. The monoisotopic (exact) mass is 523 g/mol. The summed E-state index contributed by atoms with van der Waals surface area (Å²) in [6.07, 6.45) is 1.62. The zero-order chi connectivity index (χ0) is 24.7. The average molecular weight is 524 g/mol. The highest BCUT2D eigenvalue weighted by atomic mass is 32.2. The number of rotatable bonds is 6. The van der Waals surface area contributed by atoms with Gasteiger partial charge in [-0.25, -0.2) is 21.8 Å². The summed E-state index contributed by atoms with van der Waals surface area (Å²) in [5.74, 6) is 0.0288. The summed E-state index contributed by atoms with van der Waals surface area (Å²) in [6.45, 7) is 2.19. The molecule has 1 fully saturated rings. The number of piperidine rings is 1. The molecule has 2 aromatic carbocycles. The molecule has 0 radical (unpaired) electrons. The molecule has 12 heteroatoms. The minimum absolute atomic E-state index is 0.116. The highest BCUT2D eigenvalue weighted by Crippen LogP contribution is 2.35. The Morgan fingerprint density at radius 3 is 2.35 bits per heavy atom. The van der Waals surface area contributed by atoms with Crippen molar-refractivity contribution in [3.63, 3.8) is 0 Å². The van der Waals surface area contributed by atoms with Crippen molar-refractivity contribution in [2.24, 2.45) is 5.92 Å². The highest BCUT2D eigenvalue weighted by molar-refractivity contribution is 7.93. The Morgan fingerprint density at radius 2 is 1.74 bits per heavy atom. The van der Waals surface area contributed by atoms with Crippen LogP contribution in [0.4, 0.5) is 5.13 Å². The molecule has 3 aromatic rings. The predicted molar refractivity (Wildman–Crippen MR) is 131 cm³/mol. The van der Waals surface area contributed by atoms with E-state index in [0.717, 1.165) is 16.5 Å². The van der Waals surface area contributed by atoms with Crippen molar-refractivity contribution in [3.05, 3.63) is 42.0 Å². The summed E-state index contributed by atoms with van der Waals surface area (Å²) in [5, 5.41) is 3.32. The number of carbonyl (C=O) groups excluding carboxylic acids is 1. The first-order chi connectivity index (χ1) is 16.0. The summed E-state index contributed by atoms with van der Waals surface area (Å²) in [4.78, 5) is 16.9. The van der Waals surface area contributed by atoms with E-state index in [0.29, 0.717) is 29.2 Å². The maximum atomic E-state index is 13.2. The van der Waals surface area contributed by atoms with Crippen molar-refractivity contribution in [1.29, 1.82) is 0 Å². The molecule has 0 spiro atoms. The zero-order valence-electron chi connectivity index (χ0n) is 18.9. The molecule has 0 bridgehead atoms. The first kappa shape index (κ1) is 24.6. The Balaban J connectivity index is 1.47. The van der Waals surface area contributed by atoms with Crippen LogP contribution in [0.25, 0.3) is 10.2 Å². The lowest BCUT2D eigenvalue weighted by molar-refractivity contribution is -0.120. The molecule has 34 heavy (non-hydrogen) atoms. The van der Waals surface area contributed by atoms with Crippen LogP contribution in [0.15, 0.2) is 46.2 Å². The van der Waals surface area contributed by atoms with Gasteiger partial charge in [0.2, 0.25) is 15.9 Å². The molecule has 182 valence electrons. The fraction of sp³-hybridized carbons (Fsp3) is 0.364. The molecule has 0 saturated carbocycles. The van der Waals surface area contributed by atoms with E-state index in [1.54, 1.807) is 7.11 Å². The van der Waals surface area contributed by atoms with Crippen molar-refractivity contribution in [2.75, 3.05) is 31.8 Å². The number of hydrogen-bond acceptors (Lipinski definition) is 8. The molecule has 0 unspecified atom stereocenters. The quantitative estimate of drug-likeness (QED) is 0.527. The van der Waals surface area contributed by atoms with Gasteiger partial charge in [-0.3, -0.25) is 4.79 Å². The summed E-state index contributed by atoms with van der Waals surface area (Å²) >= 11 is 1.37. The largest absolute Gasteiger partial charge is 0.494 e. The standard InChI is InChI=1S/C22H25N3O6S3/c1-14-8-9-16(31-2)19-20(14)32-22(23-19)24-21(26)15-10-12-25(13-11-15)34(29,30)18-7-5-4-6-17(18)33(3,27)28/h4-9,15H,10-13H2,1-3H3,(H,23,24,26). The number of fused-ring (bicyclic) bond motifs is 1. The molecule has 1 amide bonds. The highest BCUT2D eigenvalue weighted by Gasteiger charge is 2.34. The second kappa shape index (κ2) is 9.25. The third-order valence-electron chi connectivity index (χ3n) is 5.84. The second-order valence-electron chi connectivity index (χ2n) is 8.17. The Morgan fingerprint density at radius 1 is 1.09 bits per heavy atom. The van der Waals surface area contributed by atoms with E-state index in [2.05, 4.69) is 10.3 Å². The number of nitrogens with zero attached hydrogens (tertiary/aromatic N) is 2. The molecule has 0 atom stereocenters. The van der Waals surface area contributed by atoms with Crippen molar-refractivity contribution < 1.29 is 26.4 Å². The van der Waals surface area contributed by atoms with Crippen LogP contribution in [-0.2, 0) is 24.7 Å². The van der Waals surface area contributed by atoms with Gasteiger partial charge in [0, 0.05) is 25.3 Å². The Hall–Kier alpha value is -2.54. The van der Waals surface area contributed by atoms with Crippen LogP contribution in [-0.4, -0.2) is 58.5 Å². The number of thiazole rings is 1. The normalized spacial score (nSPS) is 16.0. The van der Waals surface area contributed by atoms with Crippen LogP contribution < -0.4 is 10.1 Å². The molecule has 1 aliphatic rings. The van der Waals surface area contributed by atoms with Gasteiger partial charge in [-0.15, -0.1) is 0 Å². The van der Waals surface area contributed by atoms with E-state index >= 15 is 0 Å². The van der Waals surface area contributed by atoms with Crippen molar-refractivity contribution in [2.45, 2.75) is 29.6 Å². The first-order valence-corrected chi connectivity index (χ1v) is 14.7. The fourth-order valence-electron chi connectivity index (χ4n) is 4.00. The summed E-state index contributed by atoms with van der Waals surface area (Å²) in [7, 11) is -6.17. The molecule has 0 aliphatic carbocycles. The number of sulfonamides is 1. The Labute approximate surface area is 202 Å². The Kier molecular flexibility index (Phi) is 6.69. The second-order valence-corrected chi connectivity index (χ2v) is 13.1. The van der Waals surface area contributed by atoms with Crippen molar-refractivity contribution in [1.82, 2.24) is 9.29 Å². The first-order valence-electron chi connectivity index (χ1n) is 10.6. The predicted octanol–water partition coefficient (Wildman–Crippen LogP) is 3.06. The van der Waals surface area contributed by atoms with Gasteiger partial charge in [0.15, 0.2) is 15.0 Å². The van der Waals surface area contributed by atoms with E-state index in [-0.39, 0.29) is 34.7 Å². The lowest BCUT2D eigenvalue weighted by Crippen LogP contribution is -2.41. The van der Waals surface area contributed by atoms with Gasteiger partial charge in [-0.2, -0.15) is 4.31 Å². The lowest BCUT2D eigenvalue weighted by atomic mass is 9.97. The van der Waals surface area contributed by atoms with Crippen LogP contribution in [0.3, 0.4) is 0 Å². The average Bonchev–Trinajstić information content (AvgIpc) is 3.23. The molecule has 9 nitrogen and oxygen atoms in total. The van der Waals surface area contributed by atoms with E-state index in [9.17, 15) is 21.6 Å². The number of aryl methyl sites for hydroxylation is 1. The Bertz CT molecular complexity index is 1460. The number of sulfone groups is 1. The number of methoxy groups -OCH3 is 1. The SMILES string of the molecule is COc1ccc(C)c2sc(NC(=O)C3CCN(S(=O)(=O)c4ccccc4S(C)(=O)=O)CC3)nc12. The van der Waals surface area contributed by atoms with E-state index < -0.39 is 19.9 Å². The third-order valence-corrected chi connectivity index (χ3v) is 10.2. The third kappa shape index (κ3) is 4.67. The van der Waals surface area contributed by atoms with Crippen molar-refractivity contribution >= 4 is 52.5 Å². The number of aromatic nitrogens is 1. The molecular weight excluding hydrogens is 498 g/mol. The van der Waals surface area contributed by atoms with Crippen molar-refractivity contribution in [3.8, 4) is 5.75 Å². The maximum Gasteiger partial charge on any atom is 0.244 e. The van der Waals surface area contributed by atoms with Gasteiger partial charge in [0.1, 0.15) is 16.2 Å². The minimum atomic E-state index is -4.02. The van der Waals surface area contributed by atoms with Gasteiger partial charge in [-0.1, -0.05) is 29.5 Å². The number of carbonyl (C=O) groups is 1. The molecule has 1 N–H and O–H groups in total. The zero-order valence-corrected chi connectivity index (χ0v) is 21.4. The minimum Gasteiger partial charge on any atom is -0.494 e. The van der Waals surface area contributed by atoms with E-state index in [4.69, 9.17) is 4.74 Å². The van der Waals surface area contributed by atoms with E-state index in [1.807, 2.05) is 19.1 Å². The maximum absolute atomic E-state index is 13.2. The fourth-order valence-corrected chi connectivity index (χ4v) is 8.03. The molecular formula is C22H25N3O6S3. The van der Waals surface area contributed by atoms with Crippen LogP contribution in [0.1, 0.15) is 18.4 Å². The molecule has 1 aromatic heterocycles. The topological polar surface area (TPSA) is 123 Å². The van der Waals surface area contributed by atoms with Gasteiger partial charge in [0.05, 0.1) is 16.7 Å².